The fourth-order valence-electron chi connectivity index (χ4n) is 2.24. The van der Waals surface area contributed by atoms with Crippen molar-refractivity contribution in [3.05, 3.63) is 35.9 Å². The second-order valence-electron chi connectivity index (χ2n) is 7.16. The minimum atomic E-state index is 0.215. The third kappa shape index (κ3) is 8.05. The van der Waals surface area contributed by atoms with Gasteiger partial charge in [0.1, 0.15) is 0 Å². The van der Waals surface area contributed by atoms with Gasteiger partial charge in [0.05, 0.1) is 0 Å². The molecule has 0 radical (unpaired) electrons. The Morgan fingerprint density at radius 2 is 1.63 bits per heavy atom. The Balaban J connectivity index is 2.53. The summed E-state index contributed by atoms with van der Waals surface area (Å²) in [5, 5.41) is 3.67. The lowest BCUT2D eigenvalue weighted by molar-refractivity contribution is 0.340. The molecule has 108 valence electrons. The normalized spacial score (nSPS) is 13.8. The molecule has 1 heteroatoms. The van der Waals surface area contributed by atoms with Gasteiger partial charge in [-0.2, -0.15) is 0 Å². The van der Waals surface area contributed by atoms with Gasteiger partial charge >= 0.3 is 0 Å². The summed E-state index contributed by atoms with van der Waals surface area (Å²) in [6, 6.07) is 10.9. The maximum Gasteiger partial charge on any atom is 0.00966 e. The van der Waals surface area contributed by atoms with E-state index < -0.39 is 0 Å². The van der Waals surface area contributed by atoms with Crippen molar-refractivity contribution in [2.24, 2.45) is 11.8 Å². The third-order valence-corrected chi connectivity index (χ3v) is 3.44. The van der Waals surface area contributed by atoms with Gasteiger partial charge in [-0.1, -0.05) is 50.6 Å². The minimum absolute atomic E-state index is 0.215. The Morgan fingerprint density at radius 1 is 1.00 bits per heavy atom. The van der Waals surface area contributed by atoms with Crippen molar-refractivity contribution in [2.45, 2.75) is 59.4 Å². The smallest absolute Gasteiger partial charge is 0.00966 e. The Bertz CT molecular complexity index is 334. The van der Waals surface area contributed by atoms with Crippen LogP contribution in [0.15, 0.2) is 30.3 Å². The Kier molecular flexibility index (Phi) is 6.57. The van der Waals surface area contributed by atoms with Crippen LogP contribution >= 0.6 is 0 Å². The third-order valence-electron chi connectivity index (χ3n) is 3.44. The van der Waals surface area contributed by atoms with Gasteiger partial charge in [0.2, 0.25) is 0 Å². The molecule has 1 aromatic carbocycles. The van der Waals surface area contributed by atoms with Gasteiger partial charge in [-0.3, -0.25) is 0 Å². The van der Waals surface area contributed by atoms with E-state index in [9.17, 15) is 0 Å². The summed E-state index contributed by atoms with van der Waals surface area (Å²) in [7, 11) is 0. The van der Waals surface area contributed by atoms with Crippen molar-refractivity contribution < 1.29 is 0 Å². The number of benzene rings is 1. The molecule has 19 heavy (non-hydrogen) atoms. The number of hydrogen-bond acceptors (Lipinski definition) is 1. The van der Waals surface area contributed by atoms with Crippen molar-refractivity contribution in [1.29, 1.82) is 0 Å². The van der Waals surface area contributed by atoms with Gasteiger partial charge < -0.3 is 5.32 Å². The predicted octanol–water partition coefficient (Wildman–Crippen LogP) is 4.67. The molecule has 0 spiro atoms. The van der Waals surface area contributed by atoms with Crippen LogP contribution in [-0.4, -0.2) is 12.1 Å². The van der Waals surface area contributed by atoms with E-state index in [0.29, 0.717) is 0 Å². The fraction of sp³-hybridized carbons (Fsp3) is 0.667. The van der Waals surface area contributed by atoms with Crippen LogP contribution in [0.1, 0.15) is 53.0 Å². The Morgan fingerprint density at radius 3 is 2.16 bits per heavy atom. The highest BCUT2D eigenvalue weighted by atomic mass is 14.9. The van der Waals surface area contributed by atoms with Gasteiger partial charge in [0.15, 0.2) is 0 Å². The second kappa shape index (κ2) is 7.69. The maximum atomic E-state index is 3.67. The summed E-state index contributed by atoms with van der Waals surface area (Å²) >= 11 is 0. The van der Waals surface area contributed by atoms with Gasteiger partial charge in [-0.25, -0.2) is 0 Å². The zero-order chi connectivity index (χ0) is 14.3. The van der Waals surface area contributed by atoms with Crippen molar-refractivity contribution in [3.63, 3.8) is 0 Å². The van der Waals surface area contributed by atoms with Crippen LogP contribution in [-0.2, 0) is 6.42 Å². The fourth-order valence-corrected chi connectivity index (χ4v) is 2.24. The van der Waals surface area contributed by atoms with Gasteiger partial charge in [0.25, 0.3) is 0 Å². The molecule has 1 N–H and O–H groups in total. The largest absolute Gasteiger partial charge is 0.312 e. The van der Waals surface area contributed by atoms with Crippen LogP contribution in [0.4, 0.5) is 0 Å². The first-order valence-electron chi connectivity index (χ1n) is 7.66. The predicted molar refractivity (Wildman–Crippen MR) is 85.5 cm³/mol. The molecule has 0 aromatic heterocycles. The first kappa shape index (κ1) is 16.2. The lowest BCUT2D eigenvalue weighted by Crippen LogP contribution is -2.39. The molecule has 0 aliphatic heterocycles. The summed E-state index contributed by atoms with van der Waals surface area (Å²) in [4.78, 5) is 0. The molecule has 0 aliphatic carbocycles. The van der Waals surface area contributed by atoms with E-state index in [-0.39, 0.29) is 5.54 Å². The maximum absolute atomic E-state index is 3.67. The van der Waals surface area contributed by atoms with Crippen LogP contribution in [0.2, 0.25) is 0 Å². The highest BCUT2D eigenvalue weighted by Gasteiger charge is 2.15. The molecule has 0 heterocycles. The zero-order valence-corrected chi connectivity index (χ0v) is 13.4. The molecular formula is C18H31N. The van der Waals surface area contributed by atoms with E-state index in [0.717, 1.165) is 18.4 Å². The Labute approximate surface area is 119 Å². The first-order valence-corrected chi connectivity index (χ1v) is 7.66. The summed E-state index contributed by atoms with van der Waals surface area (Å²) in [6.07, 6.45) is 3.83. The standard InChI is InChI=1S/C18H31N/c1-15(2)11-12-17(14-19-18(3,4)5)13-16-9-7-6-8-10-16/h6-10,15,17,19H,11-14H2,1-5H3. The minimum Gasteiger partial charge on any atom is -0.312 e. The van der Waals surface area contributed by atoms with Crippen molar-refractivity contribution in [1.82, 2.24) is 5.32 Å². The van der Waals surface area contributed by atoms with Crippen LogP contribution < -0.4 is 5.32 Å². The lowest BCUT2D eigenvalue weighted by Gasteiger charge is -2.26. The average molecular weight is 261 g/mol. The van der Waals surface area contributed by atoms with Crippen LogP contribution in [0.25, 0.3) is 0 Å². The van der Waals surface area contributed by atoms with E-state index in [1.54, 1.807) is 0 Å². The van der Waals surface area contributed by atoms with E-state index in [1.807, 2.05) is 0 Å². The second-order valence-corrected chi connectivity index (χ2v) is 7.16. The van der Waals surface area contributed by atoms with E-state index >= 15 is 0 Å². The summed E-state index contributed by atoms with van der Waals surface area (Å²) in [6.45, 7) is 12.5. The lowest BCUT2D eigenvalue weighted by atomic mass is 9.91. The van der Waals surface area contributed by atoms with Crippen molar-refractivity contribution in [2.75, 3.05) is 6.54 Å². The molecule has 0 aliphatic rings. The number of hydrogen-bond donors (Lipinski definition) is 1. The number of nitrogens with one attached hydrogen (secondary N) is 1. The molecule has 0 saturated carbocycles. The molecular weight excluding hydrogens is 230 g/mol. The molecule has 0 saturated heterocycles. The molecule has 1 unspecified atom stereocenters. The summed E-state index contributed by atoms with van der Waals surface area (Å²) in [5.74, 6) is 1.54. The van der Waals surface area contributed by atoms with E-state index in [4.69, 9.17) is 0 Å². The SMILES string of the molecule is CC(C)CCC(CNC(C)(C)C)Cc1ccccc1. The topological polar surface area (TPSA) is 12.0 Å². The molecule has 1 rings (SSSR count). The van der Waals surface area contributed by atoms with Gasteiger partial charge in [-0.15, -0.1) is 0 Å². The average Bonchev–Trinajstić information content (AvgIpc) is 2.33. The monoisotopic (exact) mass is 261 g/mol. The van der Waals surface area contributed by atoms with E-state index in [1.165, 1.54) is 24.8 Å². The summed E-state index contributed by atoms with van der Waals surface area (Å²) in [5.41, 5.74) is 1.68. The Hall–Kier alpha value is -0.820. The highest BCUT2D eigenvalue weighted by Crippen LogP contribution is 2.17. The van der Waals surface area contributed by atoms with Gasteiger partial charge in [-0.05, 0) is 57.6 Å². The van der Waals surface area contributed by atoms with Crippen LogP contribution in [0.3, 0.4) is 0 Å². The van der Waals surface area contributed by atoms with E-state index in [2.05, 4.69) is 70.3 Å². The molecule has 0 amide bonds. The van der Waals surface area contributed by atoms with Crippen molar-refractivity contribution in [3.8, 4) is 0 Å². The van der Waals surface area contributed by atoms with Crippen LogP contribution in [0, 0.1) is 11.8 Å². The number of rotatable bonds is 7. The molecule has 1 nitrogen and oxygen atoms in total. The zero-order valence-electron chi connectivity index (χ0n) is 13.4. The molecule has 1 aromatic rings. The summed E-state index contributed by atoms with van der Waals surface area (Å²) < 4.78 is 0. The molecule has 0 bridgehead atoms. The van der Waals surface area contributed by atoms with Crippen molar-refractivity contribution >= 4 is 0 Å². The first-order chi connectivity index (χ1) is 8.87. The quantitative estimate of drug-likeness (QED) is 0.752. The molecule has 0 fully saturated rings. The highest BCUT2D eigenvalue weighted by molar-refractivity contribution is 5.15. The van der Waals surface area contributed by atoms with Crippen LogP contribution in [0.5, 0.6) is 0 Å². The van der Waals surface area contributed by atoms with Gasteiger partial charge in [0, 0.05) is 5.54 Å². The molecule has 1 atom stereocenters.